The fraction of sp³-hybridized carbons (Fsp3) is 0.667. The first-order valence-corrected chi connectivity index (χ1v) is 4.04. The predicted molar refractivity (Wildman–Crippen MR) is 43.0 cm³/mol. The van der Waals surface area contributed by atoms with Gasteiger partial charge >= 0.3 is 13.8 Å². The predicted octanol–water partition coefficient (Wildman–Crippen LogP) is -2.70. The third-order valence-electron chi connectivity index (χ3n) is 0.739. The van der Waals surface area contributed by atoms with Crippen molar-refractivity contribution >= 4 is 51.5 Å². The Morgan fingerprint density at radius 2 is 1.92 bits per heavy atom. The maximum Gasteiger partial charge on any atom is 0.469 e. The van der Waals surface area contributed by atoms with E-state index in [2.05, 4.69) is 4.52 Å². The molecule has 0 aromatic rings. The van der Waals surface area contributed by atoms with Crippen molar-refractivity contribution in [3.05, 3.63) is 0 Å². The number of aliphatic carboxylic acids is 1. The molecule has 2 radical (unpaired) electrons. The van der Waals surface area contributed by atoms with Crippen LogP contribution in [-0.4, -0.2) is 76.7 Å². The van der Waals surface area contributed by atoms with Gasteiger partial charge in [0.05, 0.1) is 6.61 Å². The summed E-state index contributed by atoms with van der Waals surface area (Å²) in [6, 6.07) is -1.41. The molecule has 0 rings (SSSR count). The minimum Gasteiger partial charge on any atom is -0.480 e. The quantitative estimate of drug-likeness (QED) is 0.308. The number of phosphoric ester groups is 1. The van der Waals surface area contributed by atoms with Crippen molar-refractivity contribution in [2.24, 2.45) is 5.73 Å². The normalized spacial score (nSPS) is 12.2. The molecule has 0 saturated carbocycles. The SMILES string of the molecule is N[C@@H](COP(=O)(O)O)C(=O)O.O.[Ca]. The van der Waals surface area contributed by atoms with E-state index in [1.165, 1.54) is 0 Å². The van der Waals surface area contributed by atoms with Gasteiger partial charge in [-0.05, 0) is 0 Å². The second-order valence-corrected chi connectivity index (χ2v) is 2.97. The molecule has 0 amide bonds. The zero-order valence-corrected chi connectivity index (χ0v) is 9.69. The van der Waals surface area contributed by atoms with Crippen molar-refractivity contribution in [3.8, 4) is 0 Å². The van der Waals surface area contributed by atoms with Crippen molar-refractivity contribution in [1.29, 1.82) is 0 Å². The molecular weight excluding hydrogens is 233 g/mol. The zero-order valence-electron chi connectivity index (χ0n) is 6.58. The summed E-state index contributed by atoms with van der Waals surface area (Å²) in [6.07, 6.45) is 0. The molecule has 0 aliphatic carbocycles. The standard InChI is InChI=1S/C3H8NO6P.Ca.H2O/c4-2(3(5)6)1-10-11(7,8)9;;/h2H,1,4H2,(H,5,6)(H2,7,8,9);;1H2/t2-;;/m0../s1. The van der Waals surface area contributed by atoms with Gasteiger partial charge in [-0.1, -0.05) is 0 Å². The molecule has 0 saturated heterocycles. The molecule has 13 heavy (non-hydrogen) atoms. The molecule has 0 aromatic heterocycles. The smallest absolute Gasteiger partial charge is 0.469 e. The first kappa shape index (κ1) is 19.4. The van der Waals surface area contributed by atoms with Crippen LogP contribution in [0.25, 0.3) is 0 Å². The van der Waals surface area contributed by atoms with Crippen molar-refractivity contribution in [3.63, 3.8) is 0 Å². The van der Waals surface area contributed by atoms with Gasteiger partial charge in [-0.15, -0.1) is 0 Å². The van der Waals surface area contributed by atoms with Crippen LogP contribution in [0.1, 0.15) is 0 Å². The second-order valence-electron chi connectivity index (χ2n) is 1.73. The summed E-state index contributed by atoms with van der Waals surface area (Å²) < 4.78 is 13.8. The molecular formula is C3H10CaNO7P. The summed E-state index contributed by atoms with van der Waals surface area (Å²) in [4.78, 5) is 26.1. The molecule has 1 atom stereocenters. The number of nitrogens with two attached hydrogens (primary N) is 1. The van der Waals surface area contributed by atoms with Crippen LogP contribution < -0.4 is 5.73 Å². The van der Waals surface area contributed by atoms with Gasteiger partial charge in [0.2, 0.25) is 0 Å². The number of carboxylic acid groups (broad SMARTS) is 1. The second kappa shape index (κ2) is 8.10. The summed E-state index contributed by atoms with van der Waals surface area (Å²) >= 11 is 0. The Morgan fingerprint density at radius 1 is 1.54 bits per heavy atom. The molecule has 0 spiro atoms. The number of hydrogen-bond acceptors (Lipinski definition) is 4. The zero-order chi connectivity index (χ0) is 9.07. The molecule has 8 nitrogen and oxygen atoms in total. The molecule has 0 aliphatic heterocycles. The summed E-state index contributed by atoms with van der Waals surface area (Å²) in [5.74, 6) is -1.38. The van der Waals surface area contributed by atoms with Crippen molar-refractivity contribution < 1.29 is 34.3 Å². The minimum absolute atomic E-state index is 0. The van der Waals surface area contributed by atoms with Crippen LogP contribution in [0.2, 0.25) is 0 Å². The van der Waals surface area contributed by atoms with Gasteiger partial charge in [0.1, 0.15) is 6.04 Å². The van der Waals surface area contributed by atoms with E-state index in [9.17, 15) is 9.36 Å². The van der Waals surface area contributed by atoms with Crippen LogP contribution in [0.4, 0.5) is 0 Å². The Morgan fingerprint density at radius 3 is 2.15 bits per heavy atom. The summed E-state index contributed by atoms with van der Waals surface area (Å²) in [7, 11) is -4.60. The summed E-state index contributed by atoms with van der Waals surface area (Å²) in [5, 5.41) is 8.12. The van der Waals surface area contributed by atoms with Crippen molar-refractivity contribution in [2.45, 2.75) is 6.04 Å². The maximum absolute atomic E-state index is 9.98. The van der Waals surface area contributed by atoms with E-state index < -0.39 is 26.4 Å². The first-order chi connectivity index (χ1) is 4.83. The van der Waals surface area contributed by atoms with Crippen molar-refractivity contribution in [1.82, 2.24) is 0 Å². The van der Waals surface area contributed by atoms with E-state index in [-0.39, 0.29) is 43.2 Å². The average Bonchev–Trinajstić information content (AvgIpc) is 1.80. The van der Waals surface area contributed by atoms with Gasteiger partial charge in [-0.3, -0.25) is 9.32 Å². The first-order valence-electron chi connectivity index (χ1n) is 2.51. The largest absolute Gasteiger partial charge is 0.480 e. The summed E-state index contributed by atoms with van der Waals surface area (Å²) in [6.45, 7) is -0.709. The van der Waals surface area contributed by atoms with Crippen LogP contribution in [0.5, 0.6) is 0 Å². The molecule has 0 heterocycles. The molecule has 0 bridgehead atoms. The Labute approximate surface area is 104 Å². The van der Waals surface area contributed by atoms with Crippen LogP contribution in [0.15, 0.2) is 0 Å². The Hall–Kier alpha value is 0.760. The number of carbonyl (C=O) groups is 1. The van der Waals surface area contributed by atoms with E-state index in [1.807, 2.05) is 0 Å². The monoisotopic (exact) mass is 243 g/mol. The topological polar surface area (TPSA) is 162 Å². The van der Waals surface area contributed by atoms with Gasteiger partial charge in [0, 0.05) is 37.7 Å². The molecule has 0 unspecified atom stereocenters. The van der Waals surface area contributed by atoms with Crippen molar-refractivity contribution in [2.75, 3.05) is 6.61 Å². The molecule has 0 fully saturated rings. The number of carboxylic acids is 1. The fourth-order valence-electron chi connectivity index (χ4n) is 0.249. The molecule has 10 heteroatoms. The molecule has 0 aliphatic rings. The van der Waals surface area contributed by atoms with Gasteiger partial charge in [-0.25, -0.2) is 4.57 Å². The third kappa shape index (κ3) is 12.8. The number of phosphoric acid groups is 1. The number of rotatable bonds is 4. The Balaban J connectivity index is -0.000000500. The molecule has 7 N–H and O–H groups in total. The molecule has 0 aromatic carbocycles. The van der Waals surface area contributed by atoms with Gasteiger partial charge in [0.15, 0.2) is 0 Å². The fourth-order valence-corrected chi connectivity index (χ4v) is 0.603. The minimum atomic E-state index is -4.60. The van der Waals surface area contributed by atoms with E-state index in [1.54, 1.807) is 0 Å². The molecule has 76 valence electrons. The Kier molecular flexibility index (Phi) is 12.1. The average molecular weight is 243 g/mol. The van der Waals surface area contributed by atoms with Crippen LogP contribution >= 0.6 is 7.82 Å². The van der Waals surface area contributed by atoms with Gasteiger partial charge in [0.25, 0.3) is 0 Å². The third-order valence-corrected chi connectivity index (χ3v) is 1.22. The Bertz CT molecular complexity index is 192. The van der Waals surface area contributed by atoms with Gasteiger partial charge < -0.3 is 26.1 Å². The van der Waals surface area contributed by atoms with E-state index >= 15 is 0 Å². The van der Waals surface area contributed by atoms with Crippen LogP contribution in [-0.2, 0) is 13.9 Å². The van der Waals surface area contributed by atoms with Gasteiger partial charge in [-0.2, -0.15) is 0 Å². The maximum atomic E-state index is 9.98. The van der Waals surface area contributed by atoms with E-state index in [0.29, 0.717) is 0 Å². The summed E-state index contributed by atoms with van der Waals surface area (Å²) in [5.41, 5.74) is 4.86. The van der Waals surface area contributed by atoms with E-state index in [0.717, 1.165) is 0 Å². The van der Waals surface area contributed by atoms with E-state index in [4.69, 9.17) is 20.6 Å². The van der Waals surface area contributed by atoms with Crippen LogP contribution in [0.3, 0.4) is 0 Å². The number of hydrogen-bond donors (Lipinski definition) is 4. The van der Waals surface area contributed by atoms with Crippen LogP contribution in [0, 0.1) is 0 Å².